The molecule has 0 aliphatic heterocycles. The van der Waals surface area contributed by atoms with E-state index in [-0.39, 0.29) is 0 Å². The second-order valence-corrected chi connectivity index (χ2v) is 5.47. The number of rotatable bonds is 5. The Balaban J connectivity index is 2.20. The van der Waals surface area contributed by atoms with E-state index >= 15 is 0 Å². The van der Waals surface area contributed by atoms with Crippen molar-refractivity contribution in [3.8, 4) is 0 Å². The van der Waals surface area contributed by atoms with Crippen molar-refractivity contribution in [2.75, 3.05) is 6.61 Å². The molecular formula is C13H12Cl2N2OS. The van der Waals surface area contributed by atoms with Crippen LogP contribution in [0.4, 0.5) is 0 Å². The van der Waals surface area contributed by atoms with E-state index < -0.39 is 0 Å². The van der Waals surface area contributed by atoms with Gasteiger partial charge < -0.3 is 4.74 Å². The Hall–Kier alpha value is -0.810. The van der Waals surface area contributed by atoms with Gasteiger partial charge in [-0.1, -0.05) is 47.1 Å². The van der Waals surface area contributed by atoms with Gasteiger partial charge in [0.2, 0.25) is 0 Å². The fourth-order valence-corrected chi connectivity index (χ4v) is 2.77. The molecule has 0 saturated heterocycles. The summed E-state index contributed by atoms with van der Waals surface area (Å²) in [5.41, 5.74) is 0. The lowest BCUT2D eigenvalue weighted by Crippen LogP contribution is -2.00. The van der Waals surface area contributed by atoms with Crippen LogP contribution in [0.2, 0.25) is 10.2 Å². The molecule has 100 valence electrons. The molecule has 0 unspecified atom stereocenters. The zero-order valence-corrected chi connectivity index (χ0v) is 12.6. The van der Waals surface area contributed by atoms with E-state index in [9.17, 15) is 0 Å². The molecule has 1 aromatic heterocycles. The summed E-state index contributed by atoms with van der Waals surface area (Å²) in [7, 11) is 0. The molecule has 3 nitrogen and oxygen atoms in total. The van der Waals surface area contributed by atoms with E-state index in [2.05, 4.69) is 9.97 Å². The van der Waals surface area contributed by atoms with Crippen molar-refractivity contribution in [2.24, 2.45) is 0 Å². The topological polar surface area (TPSA) is 35.0 Å². The van der Waals surface area contributed by atoms with Gasteiger partial charge in [-0.25, -0.2) is 9.97 Å². The summed E-state index contributed by atoms with van der Waals surface area (Å²) in [4.78, 5) is 9.44. The van der Waals surface area contributed by atoms with Crippen LogP contribution in [0, 0.1) is 0 Å². The number of aromatic nitrogens is 2. The highest BCUT2D eigenvalue weighted by molar-refractivity contribution is 7.99. The Morgan fingerprint density at radius 1 is 1.21 bits per heavy atom. The van der Waals surface area contributed by atoms with E-state index in [4.69, 9.17) is 27.9 Å². The number of hydrogen-bond acceptors (Lipinski definition) is 4. The van der Waals surface area contributed by atoms with E-state index in [0.29, 0.717) is 29.2 Å². The average molecular weight is 315 g/mol. The molecule has 0 amide bonds. The molecule has 2 aromatic rings. The first-order chi connectivity index (χ1) is 9.19. The second kappa shape index (κ2) is 7.10. The van der Waals surface area contributed by atoms with Crippen molar-refractivity contribution in [1.29, 1.82) is 0 Å². The normalized spacial score (nSPS) is 10.7. The molecule has 0 fully saturated rings. The number of hydrogen-bond donors (Lipinski definition) is 0. The maximum absolute atomic E-state index is 6.12. The minimum atomic E-state index is 0.354. The van der Waals surface area contributed by atoms with E-state index in [1.165, 1.54) is 11.8 Å². The Labute approximate surface area is 126 Å². The number of nitrogens with zero attached hydrogens (tertiary/aromatic N) is 2. The Kier molecular flexibility index (Phi) is 5.45. The van der Waals surface area contributed by atoms with Gasteiger partial charge in [0.25, 0.3) is 0 Å². The van der Waals surface area contributed by atoms with Crippen molar-refractivity contribution in [3.63, 3.8) is 0 Å². The van der Waals surface area contributed by atoms with Crippen LogP contribution in [0.5, 0.6) is 0 Å². The lowest BCUT2D eigenvalue weighted by atomic mass is 10.4. The molecule has 1 aromatic carbocycles. The smallest absolute Gasteiger partial charge is 0.157 e. The van der Waals surface area contributed by atoms with E-state index in [1.807, 2.05) is 31.2 Å². The summed E-state index contributed by atoms with van der Waals surface area (Å²) in [6, 6.07) is 9.31. The van der Waals surface area contributed by atoms with Gasteiger partial charge in [0.15, 0.2) is 5.82 Å². The van der Waals surface area contributed by atoms with Crippen LogP contribution in [-0.4, -0.2) is 16.6 Å². The van der Waals surface area contributed by atoms with Crippen molar-refractivity contribution in [3.05, 3.63) is 46.3 Å². The number of benzene rings is 1. The van der Waals surface area contributed by atoms with Crippen molar-refractivity contribution < 1.29 is 4.74 Å². The lowest BCUT2D eigenvalue weighted by molar-refractivity contribution is 0.128. The molecule has 0 spiro atoms. The Morgan fingerprint density at radius 2 is 2.00 bits per heavy atom. The molecule has 0 atom stereocenters. The monoisotopic (exact) mass is 314 g/mol. The maximum atomic E-state index is 6.12. The zero-order chi connectivity index (χ0) is 13.7. The first kappa shape index (κ1) is 14.6. The van der Waals surface area contributed by atoms with Crippen molar-refractivity contribution in [1.82, 2.24) is 9.97 Å². The van der Waals surface area contributed by atoms with Crippen LogP contribution in [0.3, 0.4) is 0 Å². The molecule has 0 N–H and O–H groups in total. The van der Waals surface area contributed by atoms with E-state index in [1.54, 1.807) is 6.07 Å². The molecule has 6 heteroatoms. The van der Waals surface area contributed by atoms with Crippen LogP contribution in [0.1, 0.15) is 12.7 Å². The highest BCUT2D eigenvalue weighted by Gasteiger charge is 2.07. The standard InChI is InChI=1S/C13H12Cl2N2OS/c1-2-18-8-12-16-11(15)7-13(17-12)19-10-6-4-3-5-9(10)14/h3-7H,2,8H2,1H3. The van der Waals surface area contributed by atoms with Crippen LogP contribution >= 0.6 is 35.0 Å². The van der Waals surface area contributed by atoms with Gasteiger partial charge in [-0.2, -0.15) is 0 Å². The van der Waals surface area contributed by atoms with Gasteiger partial charge in [-0.05, 0) is 19.1 Å². The predicted octanol–water partition coefficient (Wildman–Crippen LogP) is 4.47. The van der Waals surface area contributed by atoms with Crippen LogP contribution < -0.4 is 0 Å². The minimum absolute atomic E-state index is 0.354. The Morgan fingerprint density at radius 3 is 2.74 bits per heavy atom. The molecule has 19 heavy (non-hydrogen) atoms. The van der Waals surface area contributed by atoms with Crippen LogP contribution in [-0.2, 0) is 11.3 Å². The fourth-order valence-electron chi connectivity index (χ4n) is 1.39. The van der Waals surface area contributed by atoms with Gasteiger partial charge in [-0.15, -0.1) is 0 Å². The first-order valence-electron chi connectivity index (χ1n) is 5.72. The van der Waals surface area contributed by atoms with Gasteiger partial charge >= 0.3 is 0 Å². The molecule has 0 radical (unpaired) electrons. The largest absolute Gasteiger partial charge is 0.374 e. The second-order valence-electron chi connectivity index (χ2n) is 3.61. The summed E-state index contributed by atoms with van der Waals surface area (Å²) in [5, 5.41) is 1.84. The summed E-state index contributed by atoms with van der Waals surface area (Å²) < 4.78 is 5.28. The molecular weight excluding hydrogens is 303 g/mol. The van der Waals surface area contributed by atoms with Crippen molar-refractivity contribution >= 4 is 35.0 Å². The molecule has 0 saturated carbocycles. The number of ether oxygens (including phenoxy) is 1. The Bertz CT molecular complexity index is 566. The summed E-state index contributed by atoms with van der Waals surface area (Å²) in [6.45, 7) is 2.89. The van der Waals surface area contributed by atoms with Gasteiger partial charge in [0.05, 0.1) is 5.02 Å². The highest BCUT2D eigenvalue weighted by atomic mass is 35.5. The maximum Gasteiger partial charge on any atom is 0.157 e. The summed E-state index contributed by atoms with van der Waals surface area (Å²) >= 11 is 13.6. The van der Waals surface area contributed by atoms with Gasteiger partial charge in [-0.3, -0.25) is 0 Å². The predicted molar refractivity (Wildman–Crippen MR) is 77.9 cm³/mol. The van der Waals surface area contributed by atoms with Crippen LogP contribution in [0.15, 0.2) is 40.3 Å². The number of halogens is 2. The van der Waals surface area contributed by atoms with Crippen molar-refractivity contribution in [2.45, 2.75) is 23.5 Å². The van der Waals surface area contributed by atoms with Crippen LogP contribution in [0.25, 0.3) is 0 Å². The summed E-state index contributed by atoms with van der Waals surface area (Å²) in [5.74, 6) is 0.573. The fraction of sp³-hybridized carbons (Fsp3) is 0.231. The third-order valence-corrected chi connectivity index (χ3v) is 3.83. The van der Waals surface area contributed by atoms with E-state index in [0.717, 1.165) is 9.92 Å². The lowest BCUT2D eigenvalue weighted by Gasteiger charge is -2.06. The van der Waals surface area contributed by atoms with Gasteiger partial charge in [0, 0.05) is 17.6 Å². The molecule has 0 aliphatic carbocycles. The first-order valence-corrected chi connectivity index (χ1v) is 7.30. The van der Waals surface area contributed by atoms with Gasteiger partial charge in [0.1, 0.15) is 16.8 Å². The quantitative estimate of drug-likeness (QED) is 0.763. The molecule has 1 heterocycles. The minimum Gasteiger partial charge on any atom is -0.374 e. The molecule has 2 rings (SSSR count). The summed E-state index contributed by atoms with van der Waals surface area (Å²) in [6.07, 6.45) is 0. The SMILES string of the molecule is CCOCc1nc(Cl)cc(Sc2ccccc2Cl)n1. The molecule has 0 bridgehead atoms. The third kappa shape index (κ3) is 4.35. The highest BCUT2D eigenvalue weighted by Crippen LogP contribution is 2.32. The average Bonchev–Trinajstić information content (AvgIpc) is 2.38. The third-order valence-electron chi connectivity index (χ3n) is 2.20. The zero-order valence-electron chi connectivity index (χ0n) is 10.3. The molecule has 0 aliphatic rings.